The Labute approximate surface area is 181 Å². The van der Waals surface area contributed by atoms with E-state index in [1.54, 1.807) is 31.3 Å². The molecule has 2 heterocycles. The van der Waals surface area contributed by atoms with E-state index in [-0.39, 0.29) is 41.5 Å². The Morgan fingerprint density at radius 3 is 2.03 bits per heavy atom. The molecule has 2 N–H and O–H groups in total. The first-order chi connectivity index (χ1) is 14.9. The molecular formula is C23H29N3O5. The van der Waals surface area contributed by atoms with E-state index in [0.29, 0.717) is 63.0 Å². The van der Waals surface area contributed by atoms with Crippen LogP contribution in [0.1, 0.15) is 46.4 Å². The third-order valence-corrected chi connectivity index (χ3v) is 6.48. The summed E-state index contributed by atoms with van der Waals surface area (Å²) in [4.78, 5) is 45.1. The second-order valence-corrected chi connectivity index (χ2v) is 8.58. The van der Waals surface area contributed by atoms with Gasteiger partial charge >= 0.3 is 0 Å². The van der Waals surface area contributed by atoms with Crippen LogP contribution < -0.4 is 0 Å². The highest BCUT2D eigenvalue weighted by atomic mass is 16.3. The zero-order chi connectivity index (χ0) is 22.1. The fraction of sp³-hybridized carbons (Fsp3) is 0.522. The summed E-state index contributed by atoms with van der Waals surface area (Å²) in [5.41, 5.74) is 1.02. The number of likely N-dealkylation sites (N-methyl/N-ethyl adjacent to an activating group) is 1. The number of allylic oxidation sites excluding steroid dienone is 2. The van der Waals surface area contributed by atoms with E-state index in [1.165, 1.54) is 4.90 Å². The average molecular weight is 428 g/mol. The molecule has 0 spiro atoms. The number of likely N-dealkylation sites (tertiary alicyclic amines) is 2. The minimum atomic E-state index is -0.421. The molecule has 2 fully saturated rings. The smallest absolute Gasteiger partial charge is 0.241 e. The zero-order valence-corrected chi connectivity index (χ0v) is 17.8. The Balaban J connectivity index is 1.66. The van der Waals surface area contributed by atoms with Crippen molar-refractivity contribution in [3.05, 3.63) is 46.8 Å². The molecule has 1 aromatic rings. The van der Waals surface area contributed by atoms with Crippen LogP contribution in [0.2, 0.25) is 0 Å². The molecule has 0 atom stereocenters. The lowest BCUT2D eigenvalue weighted by molar-refractivity contribution is -0.129. The number of hydrogen-bond acceptors (Lipinski definition) is 7. The molecule has 3 aliphatic rings. The van der Waals surface area contributed by atoms with E-state index in [4.69, 9.17) is 0 Å². The molecule has 1 aliphatic carbocycles. The fourth-order valence-corrected chi connectivity index (χ4v) is 4.54. The van der Waals surface area contributed by atoms with Gasteiger partial charge in [0.15, 0.2) is 0 Å². The van der Waals surface area contributed by atoms with E-state index in [2.05, 4.69) is 0 Å². The molecule has 0 aromatic heterocycles. The first-order valence-electron chi connectivity index (χ1n) is 10.9. The maximum absolute atomic E-state index is 13.4. The molecule has 166 valence electrons. The molecule has 8 heteroatoms. The van der Waals surface area contributed by atoms with Crippen LogP contribution in [-0.4, -0.2) is 94.4 Å². The summed E-state index contributed by atoms with van der Waals surface area (Å²) in [6.45, 7) is 2.26. The summed E-state index contributed by atoms with van der Waals surface area (Å²) in [6.07, 6.45) is 1.50. The van der Waals surface area contributed by atoms with Gasteiger partial charge in [-0.15, -0.1) is 0 Å². The maximum Gasteiger partial charge on any atom is 0.241 e. The molecule has 1 aromatic carbocycles. The van der Waals surface area contributed by atoms with Gasteiger partial charge in [0.2, 0.25) is 17.5 Å². The molecule has 8 nitrogen and oxygen atoms in total. The number of nitrogens with zero attached hydrogens (tertiary/aromatic N) is 3. The first-order valence-corrected chi connectivity index (χ1v) is 10.9. The van der Waals surface area contributed by atoms with Gasteiger partial charge in [-0.3, -0.25) is 19.3 Å². The number of hydrogen-bond donors (Lipinski definition) is 2. The predicted molar refractivity (Wildman–Crippen MR) is 113 cm³/mol. The standard InChI is InChI=1S/C23H29N3O5/c1-24(19(29)14-25-10-6-15(27)7-11-25)20-21(26-12-8-16(28)9-13-26)23(31)18-5-3-2-4-17(18)22(20)30/h2-5,15-16,27-28H,6-14H2,1H3. The molecule has 0 radical (unpaired) electrons. The van der Waals surface area contributed by atoms with Crippen molar-refractivity contribution in [1.82, 2.24) is 14.7 Å². The predicted octanol–water partition coefficient (Wildman–Crippen LogP) is 0.649. The third kappa shape index (κ3) is 4.28. The van der Waals surface area contributed by atoms with Crippen molar-refractivity contribution >= 4 is 17.5 Å². The number of amides is 1. The van der Waals surface area contributed by atoms with E-state index in [0.717, 1.165) is 0 Å². The van der Waals surface area contributed by atoms with E-state index < -0.39 is 6.10 Å². The SMILES string of the molecule is CN(C(=O)CN1CCC(O)CC1)C1=C(N2CCC(O)CC2)C(=O)c2ccccc2C1=O. The molecule has 0 bridgehead atoms. The van der Waals surface area contributed by atoms with Gasteiger partial charge < -0.3 is 20.0 Å². The number of ketones is 2. The Morgan fingerprint density at radius 2 is 1.45 bits per heavy atom. The molecule has 0 unspecified atom stereocenters. The van der Waals surface area contributed by atoms with Gasteiger partial charge in [-0.1, -0.05) is 24.3 Å². The highest BCUT2D eigenvalue weighted by Crippen LogP contribution is 2.31. The Kier molecular flexibility index (Phi) is 6.22. The van der Waals surface area contributed by atoms with Crippen LogP contribution in [0.25, 0.3) is 0 Å². The second-order valence-electron chi connectivity index (χ2n) is 8.58. The van der Waals surface area contributed by atoms with Gasteiger partial charge in [0.1, 0.15) is 11.4 Å². The Bertz CT molecular complexity index is 912. The molecule has 4 rings (SSSR count). The van der Waals surface area contributed by atoms with Crippen molar-refractivity contribution in [3.8, 4) is 0 Å². The molecule has 2 aliphatic heterocycles. The van der Waals surface area contributed by atoms with Crippen LogP contribution in [-0.2, 0) is 4.79 Å². The van der Waals surface area contributed by atoms with Gasteiger partial charge in [-0.05, 0) is 25.7 Å². The van der Waals surface area contributed by atoms with Gasteiger partial charge in [-0.25, -0.2) is 0 Å². The lowest BCUT2D eigenvalue weighted by Gasteiger charge is -2.37. The third-order valence-electron chi connectivity index (χ3n) is 6.48. The summed E-state index contributed by atoms with van der Waals surface area (Å²) in [5.74, 6) is -0.856. The highest BCUT2D eigenvalue weighted by Gasteiger charge is 2.39. The quantitative estimate of drug-likeness (QED) is 0.728. The van der Waals surface area contributed by atoms with Crippen molar-refractivity contribution in [2.75, 3.05) is 39.8 Å². The first kappa shape index (κ1) is 21.7. The van der Waals surface area contributed by atoms with Gasteiger partial charge in [0.25, 0.3) is 0 Å². The van der Waals surface area contributed by atoms with Crippen molar-refractivity contribution in [1.29, 1.82) is 0 Å². The van der Waals surface area contributed by atoms with Crippen LogP contribution in [0.3, 0.4) is 0 Å². The number of fused-ring (bicyclic) bond motifs is 1. The van der Waals surface area contributed by atoms with Crippen molar-refractivity contribution in [2.24, 2.45) is 0 Å². The fourth-order valence-electron chi connectivity index (χ4n) is 4.54. The minimum absolute atomic E-state index is 0.113. The summed E-state index contributed by atoms with van der Waals surface area (Å²) >= 11 is 0. The lowest BCUT2D eigenvalue weighted by Crippen LogP contribution is -2.47. The molecular weight excluding hydrogens is 398 g/mol. The topological polar surface area (TPSA) is 101 Å². The highest BCUT2D eigenvalue weighted by molar-refractivity contribution is 6.27. The van der Waals surface area contributed by atoms with Gasteiger partial charge in [0.05, 0.1) is 18.8 Å². The molecule has 2 saturated heterocycles. The molecule has 1 amide bonds. The second kappa shape index (κ2) is 8.90. The monoisotopic (exact) mass is 427 g/mol. The summed E-state index contributed by atoms with van der Waals surface area (Å²) in [5, 5.41) is 19.6. The summed E-state index contributed by atoms with van der Waals surface area (Å²) in [6, 6.07) is 6.71. The van der Waals surface area contributed by atoms with Gasteiger partial charge in [0, 0.05) is 44.4 Å². The Hall–Kier alpha value is -2.55. The lowest BCUT2D eigenvalue weighted by atomic mass is 9.88. The normalized spacial score (nSPS) is 21.5. The number of aliphatic hydroxyl groups is 2. The summed E-state index contributed by atoms with van der Waals surface area (Å²) < 4.78 is 0. The maximum atomic E-state index is 13.4. The van der Waals surface area contributed by atoms with Crippen LogP contribution in [0.5, 0.6) is 0 Å². The van der Waals surface area contributed by atoms with Crippen LogP contribution in [0.4, 0.5) is 0 Å². The Morgan fingerprint density at radius 1 is 0.935 bits per heavy atom. The van der Waals surface area contributed by atoms with Crippen molar-refractivity contribution in [2.45, 2.75) is 37.9 Å². The number of aliphatic hydroxyl groups excluding tert-OH is 2. The van der Waals surface area contributed by atoms with Gasteiger partial charge in [-0.2, -0.15) is 0 Å². The number of rotatable bonds is 4. The van der Waals surface area contributed by atoms with Crippen molar-refractivity contribution < 1.29 is 24.6 Å². The average Bonchev–Trinajstić information content (AvgIpc) is 2.78. The van der Waals surface area contributed by atoms with E-state index in [9.17, 15) is 24.6 Å². The molecule has 0 saturated carbocycles. The van der Waals surface area contributed by atoms with E-state index >= 15 is 0 Å². The van der Waals surface area contributed by atoms with Crippen LogP contribution >= 0.6 is 0 Å². The van der Waals surface area contributed by atoms with Crippen LogP contribution in [0, 0.1) is 0 Å². The number of benzene rings is 1. The minimum Gasteiger partial charge on any atom is -0.393 e. The molecule has 31 heavy (non-hydrogen) atoms. The number of Topliss-reactive ketones (excluding diaryl/α,β-unsaturated/α-hetero) is 2. The zero-order valence-electron chi connectivity index (χ0n) is 17.8. The van der Waals surface area contributed by atoms with Crippen molar-refractivity contribution in [3.63, 3.8) is 0 Å². The van der Waals surface area contributed by atoms with E-state index in [1.807, 2.05) is 9.80 Å². The summed E-state index contributed by atoms with van der Waals surface area (Å²) in [7, 11) is 1.55. The number of carbonyl (C=O) groups excluding carboxylic acids is 3. The van der Waals surface area contributed by atoms with Crippen LogP contribution in [0.15, 0.2) is 35.7 Å². The largest absolute Gasteiger partial charge is 0.393 e. The number of piperidine rings is 2. The number of carbonyl (C=O) groups is 3.